The zero-order valence-corrected chi connectivity index (χ0v) is 13.8. The molecule has 0 N–H and O–H groups in total. The fraction of sp³-hybridized carbons (Fsp3) is 0.158. The molecule has 0 amide bonds. The van der Waals surface area contributed by atoms with Crippen LogP contribution >= 0.6 is 11.8 Å². The van der Waals surface area contributed by atoms with E-state index >= 15 is 0 Å². The Morgan fingerprint density at radius 3 is 2.26 bits per heavy atom. The van der Waals surface area contributed by atoms with Crippen molar-refractivity contribution in [1.82, 2.24) is 9.55 Å². The number of aryl methyl sites for hydroxylation is 2. The molecule has 116 valence electrons. The molecule has 0 bridgehead atoms. The molecule has 23 heavy (non-hydrogen) atoms. The summed E-state index contributed by atoms with van der Waals surface area (Å²) in [6.45, 7) is 0. The van der Waals surface area contributed by atoms with Crippen molar-refractivity contribution in [2.45, 2.75) is 18.0 Å². The molecule has 0 radical (unpaired) electrons. The highest BCUT2D eigenvalue weighted by Crippen LogP contribution is 2.16. The molecule has 0 saturated heterocycles. The van der Waals surface area contributed by atoms with Gasteiger partial charge in [-0.1, -0.05) is 60.3 Å². The van der Waals surface area contributed by atoms with Crippen molar-refractivity contribution in [3.8, 4) is 5.69 Å². The second kappa shape index (κ2) is 7.29. The lowest BCUT2D eigenvalue weighted by atomic mass is 10.1. The smallest absolute Gasteiger partial charge is 0.258 e. The lowest BCUT2D eigenvalue weighted by Gasteiger charge is -2.11. The largest absolute Gasteiger partial charge is 0.269 e. The Hall–Kier alpha value is -2.33. The van der Waals surface area contributed by atoms with Crippen LogP contribution in [0.25, 0.3) is 5.69 Å². The maximum absolute atomic E-state index is 12.5. The molecular weight excluding hydrogens is 304 g/mol. The normalized spacial score (nSPS) is 10.7. The quantitative estimate of drug-likeness (QED) is 0.530. The summed E-state index contributed by atoms with van der Waals surface area (Å²) in [7, 11) is 0. The predicted octanol–water partition coefficient (Wildman–Crippen LogP) is 3.74. The van der Waals surface area contributed by atoms with Crippen LogP contribution in [0, 0.1) is 0 Å². The topological polar surface area (TPSA) is 34.9 Å². The van der Waals surface area contributed by atoms with Gasteiger partial charge in [-0.05, 0) is 36.8 Å². The van der Waals surface area contributed by atoms with E-state index in [1.54, 1.807) is 10.6 Å². The molecular formula is C19H18N2OS. The van der Waals surface area contributed by atoms with Gasteiger partial charge < -0.3 is 0 Å². The number of aromatic nitrogens is 2. The summed E-state index contributed by atoms with van der Waals surface area (Å²) >= 11 is 1.49. The molecule has 0 aliphatic carbocycles. The van der Waals surface area contributed by atoms with Crippen LogP contribution in [0.3, 0.4) is 0 Å². The molecule has 0 unspecified atom stereocenters. The molecule has 3 nitrogen and oxygen atoms in total. The second-order valence-corrected chi connectivity index (χ2v) is 6.00. The van der Waals surface area contributed by atoms with Gasteiger partial charge in [0.25, 0.3) is 5.56 Å². The lowest BCUT2D eigenvalue weighted by Crippen LogP contribution is -2.22. The van der Waals surface area contributed by atoms with Crippen molar-refractivity contribution in [1.29, 1.82) is 0 Å². The predicted molar refractivity (Wildman–Crippen MR) is 95.5 cm³/mol. The first kappa shape index (κ1) is 15.6. The average Bonchev–Trinajstić information content (AvgIpc) is 2.61. The number of nitrogens with zero attached hydrogens (tertiary/aromatic N) is 2. The van der Waals surface area contributed by atoms with Crippen molar-refractivity contribution < 1.29 is 0 Å². The molecule has 3 rings (SSSR count). The van der Waals surface area contributed by atoms with E-state index in [2.05, 4.69) is 17.1 Å². The molecule has 1 aromatic heterocycles. The second-order valence-electron chi connectivity index (χ2n) is 5.23. The number of thioether (sulfide) groups is 1. The van der Waals surface area contributed by atoms with Crippen molar-refractivity contribution >= 4 is 11.8 Å². The molecule has 1 heterocycles. The Labute approximate surface area is 140 Å². The summed E-state index contributed by atoms with van der Waals surface area (Å²) in [5.41, 5.74) is 2.92. The van der Waals surface area contributed by atoms with Gasteiger partial charge in [0, 0.05) is 11.8 Å². The lowest BCUT2D eigenvalue weighted by molar-refractivity contribution is 0.754. The Balaban J connectivity index is 1.90. The Morgan fingerprint density at radius 2 is 1.61 bits per heavy atom. The molecule has 0 saturated carbocycles. The molecule has 3 aromatic rings. The minimum Gasteiger partial charge on any atom is -0.269 e. The van der Waals surface area contributed by atoms with Crippen LogP contribution in [0.5, 0.6) is 0 Å². The Morgan fingerprint density at radius 1 is 0.957 bits per heavy atom. The minimum atomic E-state index is -0.0291. The standard InChI is InChI=1S/C19H18N2OS/c1-23-19-20-16(13-12-15-8-4-2-5-9-15)14-18(22)21(19)17-10-6-3-7-11-17/h2-11,14H,12-13H2,1H3. The van der Waals surface area contributed by atoms with Crippen LogP contribution in [0.15, 0.2) is 76.7 Å². The average molecular weight is 322 g/mol. The van der Waals surface area contributed by atoms with Crippen LogP contribution in [0.2, 0.25) is 0 Å². The minimum absolute atomic E-state index is 0.0291. The number of hydrogen-bond donors (Lipinski definition) is 0. The fourth-order valence-electron chi connectivity index (χ4n) is 2.50. The summed E-state index contributed by atoms with van der Waals surface area (Å²) in [6.07, 6.45) is 3.60. The van der Waals surface area contributed by atoms with Gasteiger partial charge in [-0.2, -0.15) is 0 Å². The van der Waals surface area contributed by atoms with E-state index in [1.807, 2.05) is 54.8 Å². The molecule has 0 aliphatic rings. The molecule has 2 aromatic carbocycles. The SMILES string of the molecule is CSc1nc(CCc2ccccc2)cc(=O)n1-c1ccccc1. The summed E-state index contributed by atoms with van der Waals surface area (Å²) in [4.78, 5) is 17.2. The van der Waals surface area contributed by atoms with Gasteiger partial charge in [0.05, 0.1) is 5.69 Å². The molecule has 0 fully saturated rings. The third kappa shape index (κ3) is 3.71. The van der Waals surface area contributed by atoms with Gasteiger partial charge in [-0.15, -0.1) is 0 Å². The molecule has 4 heteroatoms. The van der Waals surface area contributed by atoms with E-state index in [0.29, 0.717) is 0 Å². The van der Waals surface area contributed by atoms with Crippen LogP contribution in [-0.2, 0) is 12.8 Å². The summed E-state index contributed by atoms with van der Waals surface area (Å²) < 4.78 is 1.66. The van der Waals surface area contributed by atoms with Gasteiger partial charge in [0.1, 0.15) is 0 Å². The van der Waals surface area contributed by atoms with Crippen molar-refractivity contribution in [3.05, 3.63) is 88.3 Å². The number of hydrogen-bond acceptors (Lipinski definition) is 3. The van der Waals surface area contributed by atoms with Crippen molar-refractivity contribution in [2.75, 3.05) is 6.26 Å². The highest BCUT2D eigenvalue weighted by molar-refractivity contribution is 7.98. The molecule has 0 aliphatic heterocycles. The van der Waals surface area contributed by atoms with Crippen LogP contribution in [-0.4, -0.2) is 15.8 Å². The zero-order valence-electron chi connectivity index (χ0n) is 13.0. The van der Waals surface area contributed by atoms with E-state index in [9.17, 15) is 4.79 Å². The first-order valence-electron chi connectivity index (χ1n) is 7.54. The van der Waals surface area contributed by atoms with Crippen LogP contribution < -0.4 is 5.56 Å². The summed E-state index contributed by atoms with van der Waals surface area (Å²) in [6, 6.07) is 21.6. The Kier molecular flexibility index (Phi) is 4.93. The van der Waals surface area contributed by atoms with E-state index in [-0.39, 0.29) is 5.56 Å². The maximum atomic E-state index is 12.5. The van der Waals surface area contributed by atoms with E-state index in [4.69, 9.17) is 0 Å². The third-order valence-corrected chi connectivity index (χ3v) is 4.29. The van der Waals surface area contributed by atoms with Crippen LogP contribution in [0.4, 0.5) is 0 Å². The van der Waals surface area contributed by atoms with Gasteiger partial charge in [0.15, 0.2) is 5.16 Å². The number of rotatable bonds is 5. The highest BCUT2D eigenvalue weighted by atomic mass is 32.2. The van der Waals surface area contributed by atoms with Gasteiger partial charge in [-0.3, -0.25) is 9.36 Å². The fourth-order valence-corrected chi connectivity index (χ4v) is 3.09. The van der Waals surface area contributed by atoms with E-state index < -0.39 is 0 Å². The first-order valence-corrected chi connectivity index (χ1v) is 8.77. The first-order chi connectivity index (χ1) is 11.3. The maximum Gasteiger partial charge on any atom is 0.258 e. The number of para-hydroxylation sites is 1. The van der Waals surface area contributed by atoms with Crippen LogP contribution in [0.1, 0.15) is 11.3 Å². The van der Waals surface area contributed by atoms with Gasteiger partial charge >= 0.3 is 0 Å². The van der Waals surface area contributed by atoms with Crippen molar-refractivity contribution in [2.24, 2.45) is 0 Å². The van der Waals surface area contributed by atoms with E-state index in [1.165, 1.54) is 17.3 Å². The monoisotopic (exact) mass is 322 g/mol. The van der Waals surface area contributed by atoms with Crippen molar-refractivity contribution in [3.63, 3.8) is 0 Å². The summed E-state index contributed by atoms with van der Waals surface area (Å²) in [5.74, 6) is 0. The molecule has 0 spiro atoms. The molecule has 0 atom stereocenters. The van der Waals surface area contributed by atoms with Gasteiger partial charge in [0.2, 0.25) is 0 Å². The van der Waals surface area contributed by atoms with Gasteiger partial charge in [-0.25, -0.2) is 4.98 Å². The number of benzene rings is 2. The highest BCUT2D eigenvalue weighted by Gasteiger charge is 2.09. The Bertz CT molecular complexity index is 829. The zero-order chi connectivity index (χ0) is 16.1. The third-order valence-electron chi connectivity index (χ3n) is 3.65. The van der Waals surface area contributed by atoms with E-state index in [0.717, 1.165) is 29.4 Å². The summed E-state index contributed by atoms with van der Waals surface area (Å²) in [5, 5.41) is 0.728.